The van der Waals surface area contributed by atoms with Gasteiger partial charge in [-0.15, -0.1) is 0 Å². The second-order valence-corrected chi connectivity index (χ2v) is 4.70. The Hall–Kier alpha value is -0.260. The minimum absolute atomic E-state index is 0.0871. The van der Waals surface area contributed by atoms with Crippen LogP contribution >= 0.6 is 11.8 Å². The highest BCUT2D eigenvalue weighted by molar-refractivity contribution is 7.98. The summed E-state index contributed by atoms with van der Waals surface area (Å²) in [5, 5.41) is 11.8. The van der Waals surface area contributed by atoms with Crippen LogP contribution in [0.3, 0.4) is 0 Å². The average Bonchev–Trinajstić information content (AvgIpc) is 2.11. The molecule has 0 aromatic rings. The fourth-order valence-electron chi connectivity index (χ4n) is 1.39. The van der Waals surface area contributed by atoms with Crippen molar-refractivity contribution in [3.63, 3.8) is 0 Å². The number of aliphatic hydroxyl groups is 1. The Bertz CT molecular complexity index is 195. The van der Waals surface area contributed by atoms with Crippen molar-refractivity contribution in [2.75, 3.05) is 12.0 Å². The predicted octanol–water partition coefficient (Wildman–Crippen LogP) is -0.294. The third kappa shape index (κ3) is 3.48. The van der Waals surface area contributed by atoms with Crippen LogP contribution in [0, 0.1) is 0 Å². The molecule has 1 atom stereocenters. The highest BCUT2D eigenvalue weighted by atomic mass is 32.2. The van der Waals surface area contributed by atoms with Crippen molar-refractivity contribution >= 4 is 17.7 Å². The molecule has 0 aromatic carbocycles. The van der Waals surface area contributed by atoms with Crippen LogP contribution in [0.15, 0.2) is 0 Å². The van der Waals surface area contributed by atoms with Gasteiger partial charge >= 0.3 is 0 Å². The lowest BCUT2D eigenvalue weighted by Crippen LogP contribution is -2.51. The molecular weight excluding hydrogens is 200 g/mol. The first-order valence-corrected chi connectivity index (χ1v) is 6.26. The monoisotopic (exact) mass is 218 g/mol. The molecule has 5 heteroatoms. The van der Waals surface area contributed by atoms with Gasteiger partial charge in [-0.05, 0) is 31.3 Å². The van der Waals surface area contributed by atoms with Crippen LogP contribution in [-0.2, 0) is 4.79 Å². The Balaban J connectivity index is 2.14. The van der Waals surface area contributed by atoms with E-state index >= 15 is 0 Å². The second kappa shape index (κ2) is 5.58. The quantitative estimate of drug-likeness (QED) is 0.592. The van der Waals surface area contributed by atoms with Crippen molar-refractivity contribution in [2.45, 2.75) is 37.5 Å². The van der Waals surface area contributed by atoms with E-state index in [1.165, 1.54) is 0 Å². The van der Waals surface area contributed by atoms with Crippen molar-refractivity contribution in [1.29, 1.82) is 0 Å². The van der Waals surface area contributed by atoms with Gasteiger partial charge in [-0.2, -0.15) is 11.8 Å². The maximum atomic E-state index is 11.4. The summed E-state index contributed by atoms with van der Waals surface area (Å²) in [7, 11) is 0. The van der Waals surface area contributed by atoms with E-state index < -0.39 is 6.04 Å². The largest absolute Gasteiger partial charge is 0.393 e. The summed E-state index contributed by atoms with van der Waals surface area (Å²) in [4.78, 5) is 11.4. The minimum atomic E-state index is -0.403. The normalized spacial score (nSPS) is 27.9. The topological polar surface area (TPSA) is 75.4 Å². The van der Waals surface area contributed by atoms with Crippen LogP contribution in [0.1, 0.15) is 19.3 Å². The summed E-state index contributed by atoms with van der Waals surface area (Å²) in [6.45, 7) is 0. The molecule has 82 valence electrons. The highest BCUT2D eigenvalue weighted by Gasteiger charge is 2.29. The molecule has 4 N–H and O–H groups in total. The molecule has 0 bridgehead atoms. The van der Waals surface area contributed by atoms with E-state index in [0.29, 0.717) is 19.3 Å². The molecule has 0 aromatic heterocycles. The smallest absolute Gasteiger partial charge is 0.237 e. The predicted molar refractivity (Wildman–Crippen MR) is 58.1 cm³/mol. The van der Waals surface area contributed by atoms with Gasteiger partial charge < -0.3 is 16.2 Å². The first-order chi connectivity index (χ1) is 6.63. The van der Waals surface area contributed by atoms with Crippen LogP contribution in [0.2, 0.25) is 0 Å². The first-order valence-electron chi connectivity index (χ1n) is 4.86. The molecule has 1 rings (SSSR count). The summed E-state index contributed by atoms with van der Waals surface area (Å²) in [6.07, 6.45) is 3.81. The third-order valence-corrected chi connectivity index (χ3v) is 3.07. The van der Waals surface area contributed by atoms with Gasteiger partial charge in [0, 0.05) is 6.04 Å². The Morgan fingerprint density at radius 2 is 2.36 bits per heavy atom. The number of amides is 1. The number of aliphatic hydroxyl groups excluding tert-OH is 1. The summed E-state index contributed by atoms with van der Waals surface area (Å²) in [5.74, 6) is 0.818. The number of nitrogens with two attached hydrogens (primary N) is 1. The fraction of sp³-hybridized carbons (Fsp3) is 0.889. The van der Waals surface area contributed by atoms with Gasteiger partial charge in [0.25, 0.3) is 0 Å². The SMILES string of the molecule is CSCC[C@H](N)C(=O)NC1CC(O)C1. The maximum Gasteiger partial charge on any atom is 0.237 e. The number of hydrogen-bond acceptors (Lipinski definition) is 4. The van der Waals surface area contributed by atoms with E-state index in [0.717, 1.165) is 5.75 Å². The molecule has 1 aliphatic rings. The van der Waals surface area contributed by atoms with Gasteiger partial charge in [0.2, 0.25) is 5.91 Å². The molecule has 1 saturated carbocycles. The van der Waals surface area contributed by atoms with Crippen molar-refractivity contribution in [3.05, 3.63) is 0 Å². The van der Waals surface area contributed by atoms with E-state index in [4.69, 9.17) is 10.8 Å². The molecule has 4 nitrogen and oxygen atoms in total. The molecule has 1 fully saturated rings. The van der Waals surface area contributed by atoms with Crippen molar-refractivity contribution in [2.24, 2.45) is 5.73 Å². The zero-order valence-corrected chi connectivity index (χ0v) is 9.22. The average molecular weight is 218 g/mol. The lowest BCUT2D eigenvalue weighted by Gasteiger charge is -2.32. The Morgan fingerprint density at radius 3 is 2.86 bits per heavy atom. The minimum Gasteiger partial charge on any atom is -0.393 e. The summed E-state index contributed by atoms with van der Waals surface area (Å²) in [6, 6.07) is -0.266. The maximum absolute atomic E-state index is 11.4. The van der Waals surface area contributed by atoms with Gasteiger partial charge in [-0.25, -0.2) is 0 Å². The lowest BCUT2D eigenvalue weighted by atomic mass is 9.89. The second-order valence-electron chi connectivity index (χ2n) is 3.72. The fourth-order valence-corrected chi connectivity index (χ4v) is 1.88. The Labute approximate surface area is 88.6 Å². The van der Waals surface area contributed by atoms with Crippen molar-refractivity contribution in [3.8, 4) is 0 Å². The van der Waals surface area contributed by atoms with E-state index in [1.807, 2.05) is 6.26 Å². The molecule has 0 aliphatic heterocycles. The molecule has 0 unspecified atom stereocenters. The van der Waals surface area contributed by atoms with E-state index in [2.05, 4.69) is 5.32 Å². The van der Waals surface area contributed by atoms with Gasteiger partial charge in [-0.1, -0.05) is 0 Å². The van der Waals surface area contributed by atoms with Crippen LogP contribution < -0.4 is 11.1 Å². The van der Waals surface area contributed by atoms with Crippen LogP contribution in [0.25, 0.3) is 0 Å². The molecule has 1 amide bonds. The summed E-state index contributed by atoms with van der Waals surface area (Å²) < 4.78 is 0. The zero-order chi connectivity index (χ0) is 10.6. The number of hydrogen-bond donors (Lipinski definition) is 3. The van der Waals surface area contributed by atoms with Crippen LogP contribution in [0.5, 0.6) is 0 Å². The van der Waals surface area contributed by atoms with Gasteiger partial charge in [-0.3, -0.25) is 4.79 Å². The number of thioether (sulfide) groups is 1. The third-order valence-electron chi connectivity index (χ3n) is 2.43. The molecule has 1 aliphatic carbocycles. The van der Waals surface area contributed by atoms with E-state index in [-0.39, 0.29) is 18.1 Å². The molecule has 0 heterocycles. The zero-order valence-electron chi connectivity index (χ0n) is 8.40. The molecule has 0 radical (unpaired) electrons. The number of nitrogens with one attached hydrogen (secondary N) is 1. The number of carbonyl (C=O) groups is 1. The molecular formula is C9H18N2O2S. The van der Waals surface area contributed by atoms with Crippen molar-refractivity contribution < 1.29 is 9.90 Å². The van der Waals surface area contributed by atoms with E-state index in [9.17, 15) is 4.79 Å². The Morgan fingerprint density at radius 1 is 1.71 bits per heavy atom. The van der Waals surface area contributed by atoms with E-state index in [1.54, 1.807) is 11.8 Å². The molecule has 0 spiro atoms. The number of carbonyl (C=O) groups excluding carboxylic acids is 1. The standard InChI is InChI=1S/C9H18N2O2S/c1-14-3-2-8(10)9(13)11-6-4-7(12)5-6/h6-8,12H,2-5,10H2,1H3,(H,11,13)/t6?,7?,8-/m0/s1. The lowest BCUT2D eigenvalue weighted by molar-refractivity contribution is -0.124. The highest BCUT2D eigenvalue weighted by Crippen LogP contribution is 2.19. The molecule has 0 saturated heterocycles. The van der Waals surface area contributed by atoms with Gasteiger partial charge in [0.05, 0.1) is 12.1 Å². The summed E-state index contributed by atoms with van der Waals surface area (Å²) in [5.41, 5.74) is 5.68. The molecule has 14 heavy (non-hydrogen) atoms. The first kappa shape index (κ1) is 11.8. The van der Waals surface area contributed by atoms with Gasteiger partial charge in [0.15, 0.2) is 0 Å². The van der Waals surface area contributed by atoms with Crippen molar-refractivity contribution in [1.82, 2.24) is 5.32 Å². The number of rotatable bonds is 5. The summed E-state index contributed by atoms with van der Waals surface area (Å²) >= 11 is 1.69. The van der Waals surface area contributed by atoms with Crippen LogP contribution in [-0.4, -0.2) is 41.2 Å². The van der Waals surface area contributed by atoms with Crippen LogP contribution in [0.4, 0.5) is 0 Å². The Kier molecular flexibility index (Phi) is 4.71. The van der Waals surface area contributed by atoms with Gasteiger partial charge in [0.1, 0.15) is 0 Å².